The van der Waals surface area contributed by atoms with Crippen LogP contribution < -0.4 is 5.63 Å². The Balaban J connectivity index is 3.00. The van der Waals surface area contributed by atoms with Gasteiger partial charge in [-0.05, 0) is 18.6 Å². The lowest BCUT2D eigenvalue weighted by molar-refractivity contribution is 0.377. The average molecular weight is 208 g/mol. The molecule has 0 spiro atoms. The maximum absolute atomic E-state index is 11.0. The van der Waals surface area contributed by atoms with Crippen molar-refractivity contribution in [2.24, 2.45) is 0 Å². The Bertz CT molecular complexity index is 597. The monoisotopic (exact) mass is 208 g/mol. The van der Waals surface area contributed by atoms with E-state index in [2.05, 4.69) is 4.42 Å². The second-order valence-electron chi connectivity index (χ2n) is 3.22. The molecule has 1 aromatic carbocycles. The van der Waals surface area contributed by atoms with Crippen molar-refractivity contribution >= 4 is 11.0 Å². The minimum atomic E-state index is -1.04. The van der Waals surface area contributed by atoms with E-state index in [1.807, 2.05) is 0 Å². The fraction of sp³-hybridized carbons (Fsp3) is 0.100. The number of aromatic hydroxyl groups is 3. The summed E-state index contributed by atoms with van der Waals surface area (Å²) in [5.41, 5.74) is -0.507. The lowest BCUT2D eigenvalue weighted by Crippen LogP contribution is -1.98. The van der Waals surface area contributed by atoms with Crippen molar-refractivity contribution in [3.05, 3.63) is 28.1 Å². The van der Waals surface area contributed by atoms with Crippen LogP contribution in [0.3, 0.4) is 0 Å². The molecule has 2 rings (SSSR count). The van der Waals surface area contributed by atoms with Gasteiger partial charge >= 0.3 is 5.63 Å². The normalized spacial score (nSPS) is 10.7. The highest BCUT2D eigenvalue weighted by molar-refractivity contribution is 5.87. The molecule has 0 saturated heterocycles. The van der Waals surface area contributed by atoms with Crippen molar-refractivity contribution in [2.75, 3.05) is 0 Å². The zero-order valence-electron chi connectivity index (χ0n) is 7.81. The molecule has 0 fully saturated rings. The predicted molar refractivity (Wildman–Crippen MR) is 52.2 cm³/mol. The maximum Gasteiger partial charge on any atom is 0.382 e. The van der Waals surface area contributed by atoms with Crippen LogP contribution >= 0.6 is 0 Å². The molecule has 0 aliphatic carbocycles. The van der Waals surface area contributed by atoms with E-state index >= 15 is 0 Å². The molecule has 3 N–H and O–H groups in total. The van der Waals surface area contributed by atoms with Crippen LogP contribution in [0.2, 0.25) is 0 Å². The summed E-state index contributed by atoms with van der Waals surface area (Å²) in [5.74, 6) is -1.41. The van der Waals surface area contributed by atoms with Crippen molar-refractivity contribution in [3.8, 4) is 17.2 Å². The van der Waals surface area contributed by atoms with Crippen molar-refractivity contribution in [3.63, 3.8) is 0 Å². The first kappa shape index (κ1) is 9.39. The van der Waals surface area contributed by atoms with Crippen LogP contribution in [-0.2, 0) is 0 Å². The van der Waals surface area contributed by atoms with Gasteiger partial charge in [0.05, 0.1) is 5.39 Å². The smallest absolute Gasteiger partial charge is 0.382 e. The number of fused-ring (bicyclic) bond motifs is 1. The van der Waals surface area contributed by atoms with E-state index in [1.165, 1.54) is 12.1 Å². The Morgan fingerprint density at radius 1 is 1.13 bits per heavy atom. The molecule has 15 heavy (non-hydrogen) atoms. The van der Waals surface area contributed by atoms with Gasteiger partial charge in [-0.15, -0.1) is 0 Å². The summed E-state index contributed by atoms with van der Waals surface area (Å²) in [5, 5.41) is 28.2. The Morgan fingerprint density at radius 3 is 2.47 bits per heavy atom. The lowest BCUT2D eigenvalue weighted by Gasteiger charge is -2.04. The van der Waals surface area contributed by atoms with Gasteiger partial charge in [-0.1, -0.05) is 0 Å². The number of hydrogen-bond donors (Lipinski definition) is 3. The molecule has 0 unspecified atom stereocenters. The lowest BCUT2D eigenvalue weighted by atomic mass is 10.1. The molecular formula is C10H8O5. The molecule has 0 amide bonds. The van der Waals surface area contributed by atoms with E-state index in [0.29, 0.717) is 5.56 Å². The number of aryl methyl sites for hydroxylation is 1. The molecule has 0 aliphatic rings. The highest BCUT2D eigenvalue weighted by atomic mass is 16.4. The van der Waals surface area contributed by atoms with Gasteiger partial charge in [-0.2, -0.15) is 0 Å². The van der Waals surface area contributed by atoms with Crippen LogP contribution in [0.1, 0.15) is 5.56 Å². The van der Waals surface area contributed by atoms with E-state index in [4.69, 9.17) is 5.11 Å². The van der Waals surface area contributed by atoms with E-state index in [9.17, 15) is 15.0 Å². The molecule has 0 saturated carbocycles. The molecular weight excluding hydrogens is 200 g/mol. The fourth-order valence-corrected chi connectivity index (χ4v) is 1.32. The molecule has 1 aromatic heterocycles. The second kappa shape index (κ2) is 2.91. The van der Waals surface area contributed by atoms with Crippen LogP contribution in [0, 0.1) is 6.92 Å². The molecule has 0 atom stereocenters. The molecule has 0 aliphatic heterocycles. The van der Waals surface area contributed by atoms with Gasteiger partial charge in [0.25, 0.3) is 0 Å². The van der Waals surface area contributed by atoms with Crippen LogP contribution in [0.4, 0.5) is 0 Å². The first-order chi connectivity index (χ1) is 7.00. The highest BCUT2D eigenvalue weighted by Gasteiger charge is 2.13. The number of phenolic OH excluding ortho intramolecular Hbond substituents is 1. The predicted octanol–water partition coefficient (Wildman–Crippen LogP) is 1.22. The quantitative estimate of drug-likeness (QED) is 0.566. The van der Waals surface area contributed by atoms with Gasteiger partial charge in [0.2, 0.25) is 5.75 Å². The summed E-state index contributed by atoms with van der Waals surface area (Å²) in [6.07, 6.45) is 0. The summed E-state index contributed by atoms with van der Waals surface area (Å²) in [7, 11) is 0. The second-order valence-corrected chi connectivity index (χ2v) is 3.22. The van der Waals surface area contributed by atoms with Crippen LogP contribution in [0.15, 0.2) is 21.3 Å². The Labute approximate surface area is 83.8 Å². The standard InChI is InChI=1S/C10H8O5/c1-4-2-5-7(3-6(4)11)15-10(14)9(13)8(5)12/h2-3,11-13H,1H3. The molecule has 78 valence electrons. The van der Waals surface area contributed by atoms with E-state index < -0.39 is 17.1 Å². The maximum atomic E-state index is 11.0. The van der Waals surface area contributed by atoms with Gasteiger partial charge in [0, 0.05) is 6.07 Å². The summed E-state index contributed by atoms with van der Waals surface area (Å²) in [6, 6.07) is 2.63. The highest BCUT2D eigenvalue weighted by Crippen LogP contribution is 2.33. The van der Waals surface area contributed by atoms with Gasteiger partial charge in [0.15, 0.2) is 5.75 Å². The van der Waals surface area contributed by atoms with Crippen molar-refractivity contribution in [1.82, 2.24) is 0 Å². The molecule has 5 heteroatoms. The number of rotatable bonds is 0. The van der Waals surface area contributed by atoms with E-state index in [1.54, 1.807) is 6.92 Å². The van der Waals surface area contributed by atoms with Gasteiger partial charge in [-0.25, -0.2) is 4.79 Å². The third-order valence-electron chi connectivity index (χ3n) is 2.17. The van der Waals surface area contributed by atoms with Crippen LogP contribution in [0.5, 0.6) is 17.2 Å². The van der Waals surface area contributed by atoms with E-state index in [0.717, 1.165) is 0 Å². The first-order valence-corrected chi connectivity index (χ1v) is 4.19. The zero-order chi connectivity index (χ0) is 11.2. The Kier molecular flexibility index (Phi) is 1.82. The van der Waals surface area contributed by atoms with Crippen molar-refractivity contribution in [1.29, 1.82) is 0 Å². The van der Waals surface area contributed by atoms with Crippen LogP contribution in [-0.4, -0.2) is 15.3 Å². The fourth-order valence-electron chi connectivity index (χ4n) is 1.32. The van der Waals surface area contributed by atoms with Crippen molar-refractivity contribution < 1.29 is 19.7 Å². The largest absolute Gasteiger partial charge is 0.508 e. The summed E-state index contributed by atoms with van der Waals surface area (Å²) in [4.78, 5) is 11.0. The van der Waals surface area contributed by atoms with Gasteiger partial charge in [-0.3, -0.25) is 0 Å². The molecule has 1 heterocycles. The third kappa shape index (κ3) is 1.28. The summed E-state index contributed by atoms with van der Waals surface area (Å²) in [6.45, 7) is 1.62. The van der Waals surface area contributed by atoms with Crippen LogP contribution in [0.25, 0.3) is 11.0 Å². The van der Waals surface area contributed by atoms with Gasteiger partial charge in [0.1, 0.15) is 11.3 Å². The Hall–Kier alpha value is -2.17. The third-order valence-corrected chi connectivity index (χ3v) is 2.17. The summed E-state index contributed by atoms with van der Waals surface area (Å²) < 4.78 is 4.68. The topological polar surface area (TPSA) is 90.9 Å². The molecule has 0 radical (unpaired) electrons. The average Bonchev–Trinajstić information content (AvgIpc) is 2.19. The minimum Gasteiger partial charge on any atom is -0.508 e. The Morgan fingerprint density at radius 2 is 1.80 bits per heavy atom. The summed E-state index contributed by atoms with van der Waals surface area (Å²) >= 11 is 0. The zero-order valence-corrected chi connectivity index (χ0v) is 7.81. The number of hydrogen-bond acceptors (Lipinski definition) is 5. The molecule has 5 nitrogen and oxygen atoms in total. The van der Waals surface area contributed by atoms with Crippen molar-refractivity contribution in [2.45, 2.75) is 6.92 Å². The minimum absolute atomic E-state index is 0.0263. The van der Waals surface area contributed by atoms with E-state index in [-0.39, 0.29) is 16.7 Å². The number of benzene rings is 1. The SMILES string of the molecule is Cc1cc2c(O)c(O)c(=O)oc2cc1O. The molecule has 2 aromatic rings. The molecule has 0 bridgehead atoms. The van der Waals surface area contributed by atoms with Gasteiger partial charge < -0.3 is 19.7 Å². The first-order valence-electron chi connectivity index (χ1n) is 4.19. The number of phenols is 1.